The molecule has 3 nitrogen and oxygen atoms in total. The molecule has 1 heterocycles. The first-order valence-electron chi connectivity index (χ1n) is 10.6. The van der Waals surface area contributed by atoms with Crippen molar-refractivity contribution in [2.45, 2.75) is 91.5 Å². The van der Waals surface area contributed by atoms with E-state index in [4.69, 9.17) is 9.53 Å². The predicted molar refractivity (Wildman–Crippen MR) is 126 cm³/mol. The van der Waals surface area contributed by atoms with E-state index in [9.17, 15) is 0 Å². The van der Waals surface area contributed by atoms with Gasteiger partial charge < -0.3 is 9.53 Å². The van der Waals surface area contributed by atoms with E-state index in [2.05, 4.69) is 58.8 Å². The van der Waals surface area contributed by atoms with Crippen LogP contribution in [-0.2, 0) is 4.43 Å². The smallest absolute Gasteiger partial charge is 0.193 e. The molecule has 0 amide bonds. The summed E-state index contributed by atoms with van der Waals surface area (Å²) in [4.78, 5) is 4.36. The van der Waals surface area contributed by atoms with Gasteiger partial charge in [-0.2, -0.15) is 0 Å². The fourth-order valence-corrected chi connectivity index (χ4v) is 4.50. The summed E-state index contributed by atoms with van der Waals surface area (Å²) in [6.07, 6.45) is 6.59. The van der Waals surface area contributed by atoms with Crippen molar-refractivity contribution in [1.29, 1.82) is 0 Å². The van der Waals surface area contributed by atoms with Crippen molar-refractivity contribution in [3.8, 4) is 0 Å². The van der Waals surface area contributed by atoms with E-state index in [0.29, 0.717) is 18.0 Å². The van der Waals surface area contributed by atoms with Gasteiger partial charge >= 0.3 is 0 Å². The van der Waals surface area contributed by atoms with E-state index in [0.717, 1.165) is 24.3 Å². The highest BCUT2D eigenvalue weighted by atomic mass is 32.1. The highest BCUT2D eigenvalue weighted by molar-refractivity contribution is 7.09. The molecule has 2 atom stereocenters. The third-order valence-electron chi connectivity index (χ3n) is 5.73. The summed E-state index contributed by atoms with van der Waals surface area (Å²) in [5.41, 5.74) is 1.91. The first-order valence-corrected chi connectivity index (χ1v) is 14.4. The predicted octanol–water partition coefficient (Wildman–Crippen LogP) is 7.29. The van der Waals surface area contributed by atoms with Crippen LogP contribution >= 0.6 is 11.3 Å². The van der Waals surface area contributed by atoms with Crippen LogP contribution in [0.1, 0.15) is 71.0 Å². The van der Waals surface area contributed by atoms with Crippen LogP contribution in [0.5, 0.6) is 0 Å². The normalized spacial score (nSPS) is 16.2. The Hall–Kier alpha value is -0.823. The molecule has 0 aromatic carbocycles. The van der Waals surface area contributed by atoms with Crippen molar-refractivity contribution in [2.75, 3.05) is 6.61 Å². The summed E-state index contributed by atoms with van der Waals surface area (Å²) in [6, 6.07) is 0. The van der Waals surface area contributed by atoms with E-state index in [1.807, 2.05) is 12.3 Å². The molecule has 0 aliphatic carbocycles. The van der Waals surface area contributed by atoms with E-state index in [1.165, 1.54) is 23.0 Å². The number of halogens is 1. The minimum absolute atomic E-state index is 0.0158. The first kappa shape index (κ1) is 26.2. The molecule has 0 aliphatic rings. The maximum Gasteiger partial charge on any atom is 0.193 e. The minimum Gasteiger partial charge on any atom is -0.407 e. The molecule has 1 aromatic rings. The largest absolute Gasteiger partial charge is 0.407 e. The molecule has 6 heteroatoms. The maximum absolute atomic E-state index is 15.2. The lowest BCUT2D eigenvalue weighted by atomic mass is 10.0. The summed E-state index contributed by atoms with van der Waals surface area (Å²) in [5, 5.41) is 12.0. The fourth-order valence-electron chi connectivity index (χ4n) is 2.66. The third kappa shape index (κ3) is 9.24. The summed E-state index contributed by atoms with van der Waals surface area (Å²) in [6.45, 7) is 17.1. The Bertz CT molecular complexity index is 691. The Morgan fingerprint density at radius 1 is 1.38 bits per heavy atom. The highest BCUT2D eigenvalue weighted by Gasteiger charge is 2.39. The lowest BCUT2D eigenvalue weighted by molar-refractivity contribution is 0.191. The number of aliphatic hydroxyl groups excluding tert-OH is 1. The molecular weight excluding hydrogens is 401 g/mol. The summed E-state index contributed by atoms with van der Waals surface area (Å²) >= 11 is 1.52. The van der Waals surface area contributed by atoms with Gasteiger partial charge in [0, 0.05) is 12.0 Å². The van der Waals surface area contributed by atoms with Gasteiger partial charge in [-0.25, -0.2) is 9.37 Å². The van der Waals surface area contributed by atoms with Gasteiger partial charge in [0.1, 0.15) is 11.9 Å². The Labute approximate surface area is 182 Å². The van der Waals surface area contributed by atoms with Crippen molar-refractivity contribution in [2.24, 2.45) is 5.92 Å². The van der Waals surface area contributed by atoms with E-state index < -0.39 is 14.4 Å². The SMILES string of the molecule is CC(=CC[C@H](O[Si](C)(C)C(C)(C)C)C(F)=Cc1csc(C)n1)CCC[C@H](C)CO. The van der Waals surface area contributed by atoms with Gasteiger partial charge in [-0.05, 0) is 69.7 Å². The molecule has 0 unspecified atom stereocenters. The van der Waals surface area contributed by atoms with Crippen molar-refractivity contribution < 1.29 is 13.9 Å². The van der Waals surface area contributed by atoms with Crippen LogP contribution in [0.25, 0.3) is 6.08 Å². The zero-order valence-electron chi connectivity index (χ0n) is 19.5. The maximum atomic E-state index is 15.2. The van der Waals surface area contributed by atoms with Gasteiger partial charge in [-0.15, -0.1) is 11.3 Å². The minimum atomic E-state index is -2.12. The molecule has 1 aromatic heterocycles. The standard InChI is InChI=1S/C23H40FNO2SSi/c1-17(10-9-11-18(2)15-26)12-13-22(27-29(7,8)23(4,5)6)21(24)14-20-16-28-19(3)25-20/h12,14,16,18,22,26H,9-11,13,15H2,1-8H3/t18-,22-/m0/s1. The van der Waals surface area contributed by atoms with Gasteiger partial charge in [0.25, 0.3) is 0 Å². The van der Waals surface area contributed by atoms with Crippen LogP contribution in [0.3, 0.4) is 0 Å². The number of nitrogens with zero attached hydrogens (tertiary/aromatic N) is 1. The zero-order chi connectivity index (χ0) is 22.2. The Balaban J connectivity index is 2.92. The lowest BCUT2D eigenvalue weighted by Crippen LogP contribution is -2.44. The third-order valence-corrected chi connectivity index (χ3v) is 11.0. The highest BCUT2D eigenvalue weighted by Crippen LogP contribution is 2.39. The summed E-state index contributed by atoms with van der Waals surface area (Å²) < 4.78 is 21.6. The number of rotatable bonds is 11. The molecule has 0 saturated heterocycles. The quantitative estimate of drug-likeness (QED) is 0.289. The lowest BCUT2D eigenvalue weighted by Gasteiger charge is -2.38. The van der Waals surface area contributed by atoms with Gasteiger partial charge in [0.15, 0.2) is 8.32 Å². The molecule has 0 saturated carbocycles. The average molecular weight is 442 g/mol. The van der Waals surface area contributed by atoms with Gasteiger partial charge in [-0.3, -0.25) is 0 Å². The van der Waals surface area contributed by atoms with E-state index in [1.54, 1.807) is 0 Å². The van der Waals surface area contributed by atoms with Crippen LogP contribution in [0, 0.1) is 12.8 Å². The second kappa shape index (κ2) is 11.5. The Morgan fingerprint density at radius 2 is 2.03 bits per heavy atom. The van der Waals surface area contributed by atoms with Crippen molar-refractivity contribution >= 4 is 25.7 Å². The molecule has 166 valence electrons. The fraction of sp³-hybridized carbons (Fsp3) is 0.696. The number of aromatic nitrogens is 1. The Morgan fingerprint density at radius 3 is 2.55 bits per heavy atom. The van der Waals surface area contributed by atoms with E-state index >= 15 is 4.39 Å². The molecule has 1 N–H and O–H groups in total. The molecule has 29 heavy (non-hydrogen) atoms. The number of aryl methyl sites for hydroxylation is 1. The van der Waals surface area contributed by atoms with Gasteiger partial charge in [-0.1, -0.05) is 39.3 Å². The number of aliphatic hydroxyl groups is 1. The van der Waals surface area contributed by atoms with Crippen molar-refractivity contribution in [1.82, 2.24) is 4.98 Å². The molecule has 0 bridgehead atoms. The molecule has 0 spiro atoms. The summed E-state index contributed by atoms with van der Waals surface area (Å²) in [7, 11) is -2.12. The van der Waals surface area contributed by atoms with Gasteiger partial charge in [0.05, 0.1) is 10.7 Å². The van der Waals surface area contributed by atoms with Crippen LogP contribution < -0.4 is 0 Å². The van der Waals surface area contributed by atoms with Crippen LogP contribution in [0.4, 0.5) is 4.39 Å². The molecule has 1 rings (SSSR count). The monoisotopic (exact) mass is 441 g/mol. The Kier molecular flexibility index (Phi) is 10.4. The zero-order valence-corrected chi connectivity index (χ0v) is 21.3. The van der Waals surface area contributed by atoms with Crippen LogP contribution in [0.15, 0.2) is 22.9 Å². The van der Waals surface area contributed by atoms with Crippen LogP contribution in [0.2, 0.25) is 18.1 Å². The first-order chi connectivity index (χ1) is 13.4. The second-order valence-electron chi connectivity index (χ2n) is 9.65. The number of allylic oxidation sites excluding steroid dienone is 1. The van der Waals surface area contributed by atoms with Crippen LogP contribution in [-0.4, -0.2) is 31.1 Å². The summed E-state index contributed by atoms with van der Waals surface area (Å²) in [5.74, 6) is 0.0810. The number of hydrogen-bond acceptors (Lipinski definition) is 4. The molecular formula is C23H40FNO2SSi. The van der Waals surface area contributed by atoms with Crippen molar-refractivity contribution in [3.63, 3.8) is 0 Å². The topological polar surface area (TPSA) is 42.4 Å². The second-order valence-corrected chi connectivity index (χ2v) is 15.5. The average Bonchev–Trinajstić information content (AvgIpc) is 3.01. The van der Waals surface area contributed by atoms with Gasteiger partial charge in [0.2, 0.25) is 0 Å². The van der Waals surface area contributed by atoms with Crippen molar-refractivity contribution in [3.05, 3.63) is 33.6 Å². The molecule has 0 fully saturated rings. The molecule has 0 radical (unpaired) electrons. The van der Waals surface area contributed by atoms with E-state index in [-0.39, 0.29) is 17.5 Å². The molecule has 0 aliphatic heterocycles. The number of hydrogen-bond donors (Lipinski definition) is 1. The number of thiazole rings is 1.